The fourth-order valence-electron chi connectivity index (χ4n) is 3.84. The van der Waals surface area contributed by atoms with Gasteiger partial charge in [0.15, 0.2) is 0 Å². The highest BCUT2D eigenvalue weighted by Crippen LogP contribution is 2.35. The van der Waals surface area contributed by atoms with Gasteiger partial charge in [-0.25, -0.2) is 0 Å². The predicted molar refractivity (Wildman–Crippen MR) is 75.6 cm³/mol. The second-order valence-electron chi connectivity index (χ2n) is 5.88. The summed E-state index contributed by atoms with van der Waals surface area (Å²) in [5.74, 6) is 0.727. The minimum absolute atomic E-state index is 0.522. The molecule has 2 unspecified atom stereocenters. The first kappa shape index (κ1) is 14.3. The summed E-state index contributed by atoms with van der Waals surface area (Å²) in [5, 5.41) is 0. The molecule has 2 rings (SSSR count). The molecule has 0 aromatic rings. The van der Waals surface area contributed by atoms with Crippen LogP contribution in [0.4, 0.5) is 0 Å². The van der Waals surface area contributed by atoms with Crippen LogP contribution in [0.2, 0.25) is 0 Å². The molecule has 3 nitrogen and oxygen atoms in total. The lowest BCUT2D eigenvalue weighted by Gasteiger charge is -2.49. The Bertz CT molecular complexity index is 241. The van der Waals surface area contributed by atoms with E-state index in [4.69, 9.17) is 10.5 Å². The first-order valence-electron chi connectivity index (χ1n) is 7.87. The summed E-state index contributed by atoms with van der Waals surface area (Å²) < 4.78 is 5.69. The smallest absolute Gasteiger partial charge is 0.0604 e. The van der Waals surface area contributed by atoms with Crippen LogP contribution in [0.25, 0.3) is 0 Å². The topological polar surface area (TPSA) is 38.5 Å². The normalized spacial score (nSPS) is 36.7. The van der Waals surface area contributed by atoms with Crippen LogP contribution in [0.5, 0.6) is 0 Å². The van der Waals surface area contributed by atoms with Crippen LogP contribution in [0.15, 0.2) is 0 Å². The van der Waals surface area contributed by atoms with Crippen molar-refractivity contribution in [3.05, 3.63) is 0 Å². The summed E-state index contributed by atoms with van der Waals surface area (Å²) >= 11 is 0. The molecular weight excluding hydrogens is 224 g/mol. The van der Waals surface area contributed by atoms with Crippen LogP contribution in [-0.4, -0.2) is 42.8 Å². The first-order valence-corrected chi connectivity index (χ1v) is 7.87. The molecule has 0 aromatic heterocycles. The van der Waals surface area contributed by atoms with E-state index in [1.54, 1.807) is 0 Å². The Morgan fingerprint density at radius 2 is 1.89 bits per heavy atom. The summed E-state index contributed by atoms with van der Waals surface area (Å²) in [7, 11) is 0. The lowest BCUT2D eigenvalue weighted by molar-refractivity contribution is -0.0669. The third-order valence-electron chi connectivity index (χ3n) is 4.90. The zero-order chi connectivity index (χ0) is 13.0. The molecule has 0 heterocycles. The Balaban J connectivity index is 1.88. The molecule has 0 amide bonds. The molecule has 0 saturated heterocycles. The zero-order valence-electron chi connectivity index (χ0n) is 12.1. The van der Waals surface area contributed by atoms with Crippen molar-refractivity contribution >= 4 is 0 Å². The lowest BCUT2D eigenvalue weighted by Crippen LogP contribution is -2.55. The largest absolute Gasteiger partial charge is 0.378 e. The minimum Gasteiger partial charge on any atom is -0.378 e. The van der Waals surface area contributed by atoms with Gasteiger partial charge < -0.3 is 10.5 Å². The highest BCUT2D eigenvalue weighted by molar-refractivity contribution is 4.93. The third kappa shape index (κ3) is 3.06. The molecule has 2 aliphatic carbocycles. The summed E-state index contributed by atoms with van der Waals surface area (Å²) in [6.45, 7) is 7.29. The molecule has 2 fully saturated rings. The molecule has 2 aliphatic rings. The fraction of sp³-hybridized carbons (Fsp3) is 1.00. The predicted octanol–water partition coefficient (Wildman–Crippen LogP) is 2.39. The van der Waals surface area contributed by atoms with Crippen LogP contribution < -0.4 is 5.73 Å². The highest BCUT2D eigenvalue weighted by atomic mass is 16.5. The molecule has 0 radical (unpaired) electrons. The van der Waals surface area contributed by atoms with E-state index in [0.29, 0.717) is 6.10 Å². The summed E-state index contributed by atoms with van der Waals surface area (Å²) in [6, 6.07) is 1.49. The summed E-state index contributed by atoms with van der Waals surface area (Å²) in [5.41, 5.74) is 5.97. The number of rotatable bonds is 6. The third-order valence-corrected chi connectivity index (χ3v) is 4.90. The van der Waals surface area contributed by atoms with Gasteiger partial charge in [-0.05, 0) is 51.6 Å². The molecule has 106 valence electrons. The summed E-state index contributed by atoms with van der Waals surface area (Å²) in [4.78, 5) is 2.73. The first-order chi connectivity index (χ1) is 8.80. The van der Waals surface area contributed by atoms with Gasteiger partial charge in [-0.3, -0.25) is 4.90 Å². The molecule has 18 heavy (non-hydrogen) atoms. The summed E-state index contributed by atoms with van der Waals surface area (Å²) in [6.07, 6.45) is 8.44. The van der Waals surface area contributed by atoms with Gasteiger partial charge in [-0.1, -0.05) is 19.8 Å². The van der Waals surface area contributed by atoms with Gasteiger partial charge in [0.25, 0.3) is 0 Å². The Morgan fingerprint density at radius 3 is 2.50 bits per heavy atom. The van der Waals surface area contributed by atoms with Crippen molar-refractivity contribution in [1.82, 2.24) is 4.90 Å². The van der Waals surface area contributed by atoms with Gasteiger partial charge in [-0.15, -0.1) is 0 Å². The van der Waals surface area contributed by atoms with Crippen LogP contribution in [0, 0.1) is 5.92 Å². The fourth-order valence-corrected chi connectivity index (χ4v) is 3.84. The maximum absolute atomic E-state index is 5.97. The second kappa shape index (κ2) is 6.88. The number of hydrogen-bond acceptors (Lipinski definition) is 3. The molecule has 3 heteroatoms. The number of hydrogen-bond donors (Lipinski definition) is 1. The van der Waals surface area contributed by atoms with Crippen molar-refractivity contribution < 1.29 is 4.74 Å². The van der Waals surface area contributed by atoms with Crippen LogP contribution in [0.1, 0.15) is 52.4 Å². The Labute approximate surface area is 112 Å². The van der Waals surface area contributed by atoms with Crippen molar-refractivity contribution in [3.63, 3.8) is 0 Å². The van der Waals surface area contributed by atoms with E-state index in [0.717, 1.165) is 31.2 Å². The standard InChI is InChI=1S/C15H30N2O/c1-3-17(13-9-14(10-13)18-4-2)15-8-6-5-7-12(15)11-16/h12-15H,3-11,16H2,1-2H3. The van der Waals surface area contributed by atoms with Gasteiger partial charge >= 0.3 is 0 Å². The van der Waals surface area contributed by atoms with Crippen LogP contribution in [-0.2, 0) is 4.74 Å². The van der Waals surface area contributed by atoms with Crippen molar-refractivity contribution in [1.29, 1.82) is 0 Å². The van der Waals surface area contributed by atoms with E-state index in [1.165, 1.54) is 45.1 Å². The number of nitrogens with zero attached hydrogens (tertiary/aromatic N) is 1. The van der Waals surface area contributed by atoms with Gasteiger partial charge in [0.1, 0.15) is 0 Å². The van der Waals surface area contributed by atoms with Crippen LogP contribution >= 0.6 is 0 Å². The molecule has 0 aromatic carbocycles. The monoisotopic (exact) mass is 254 g/mol. The van der Waals surface area contributed by atoms with Gasteiger partial charge in [0, 0.05) is 18.7 Å². The molecule has 2 saturated carbocycles. The Hall–Kier alpha value is -0.120. The minimum atomic E-state index is 0.522. The van der Waals surface area contributed by atoms with E-state index >= 15 is 0 Å². The molecule has 0 aliphatic heterocycles. The van der Waals surface area contributed by atoms with Crippen molar-refractivity contribution in [2.45, 2.75) is 70.6 Å². The average Bonchev–Trinajstić information content (AvgIpc) is 2.37. The Kier molecular flexibility index (Phi) is 5.46. The molecule has 2 N–H and O–H groups in total. The van der Waals surface area contributed by atoms with Crippen molar-refractivity contribution in [3.8, 4) is 0 Å². The maximum Gasteiger partial charge on any atom is 0.0604 e. The lowest BCUT2D eigenvalue weighted by atomic mass is 9.79. The molecule has 0 bridgehead atoms. The van der Waals surface area contributed by atoms with E-state index in [1.807, 2.05) is 0 Å². The molecular formula is C15H30N2O. The van der Waals surface area contributed by atoms with E-state index in [9.17, 15) is 0 Å². The number of nitrogens with two attached hydrogens (primary N) is 1. The van der Waals surface area contributed by atoms with Crippen molar-refractivity contribution in [2.24, 2.45) is 11.7 Å². The van der Waals surface area contributed by atoms with E-state index in [2.05, 4.69) is 18.7 Å². The molecule has 2 atom stereocenters. The molecule has 0 spiro atoms. The SMILES string of the molecule is CCOC1CC(N(CC)C2CCCCC2CN)C1. The van der Waals surface area contributed by atoms with E-state index in [-0.39, 0.29) is 0 Å². The maximum atomic E-state index is 5.97. The zero-order valence-corrected chi connectivity index (χ0v) is 12.1. The van der Waals surface area contributed by atoms with Gasteiger partial charge in [0.05, 0.1) is 6.10 Å². The van der Waals surface area contributed by atoms with Crippen molar-refractivity contribution in [2.75, 3.05) is 19.7 Å². The second-order valence-corrected chi connectivity index (χ2v) is 5.88. The highest BCUT2D eigenvalue weighted by Gasteiger charge is 2.39. The van der Waals surface area contributed by atoms with Crippen LogP contribution in [0.3, 0.4) is 0 Å². The average molecular weight is 254 g/mol. The Morgan fingerprint density at radius 1 is 1.17 bits per heavy atom. The number of ether oxygens (including phenoxy) is 1. The van der Waals surface area contributed by atoms with Gasteiger partial charge in [0.2, 0.25) is 0 Å². The van der Waals surface area contributed by atoms with Gasteiger partial charge in [-0.2, -0.15) is 0 Å². The quantitative estimate of drug-likeness (QED) is 0.791. The van der Waals surface area contributed by atoms with E-state index < -0.39 is 0 Å².